The fraction of sp³-hybridized carbons (Fsp3) is 0.400. The van der Waals surface area contributed by atoms with Gasteiger partial charge in [0.15, 0.2) is 5.54 Å². The van der Waals surface area contributed by atoms with Crippen LogP contribution in [0.2, 0.25) is 0 Å². The monoisotopic (exact) mass is 308 g/mol. The van der Waals surface area contributed by atoms with E-state index in [4.69, 9.17) is 9.84 Å². The highest BCUT2D eigenvalue weighted by Gasteiger charge is 2.34. The zero-order valence-corrected chi connectivity index (χ0v) is 12.6. The Hall–Kier alpha value is -2.41. The van der Waals surface area contributed by atoms with Crippen molar-refractivity contribution in [3.8, 4) is 0 Å². The second kappa shape index (κ2) is 8.14. The van der Waals surface area contributed by atoms with Gasteiger partial charge in [0.2, 0.25) is 11.8 Å². The van der Waals surface area contributed by atoms with Gasteiger partial charge in [-0.3, -0.25) is 9.59 Å². The average molecular weight is 308 g/mol. The molecule has 2 amide bonds. The van der Waals surface area contributed by atoms with Gasteiger partial charge < -0.3 is 20.5 Å². The number of nitrogens with one attached hydrogen (secondary N) is 2. The molecule has 1 aromatic carbocycles. The van der Waals surface area contributed by atoms with Gasteiger partial charge in [-0.25, -0.2) is 4.79 Å². The zero-order valence-electron chi connectivity index (χ0n) is 12.6. The summed E-state index contributed by atoms with van der Waals surface area (Å²) in [6.07, 6.45) is 0.155. The number of hydrogen-bond acceptors (Lipinski definition) is 4. The number of rotatable bonds is 8. The zero-order chi connectivity index (χ0) is 16.6. The summed E-state index contributed by atoms with van der Waals surface area (Å²) in [6.45, 7) is 0.868. The Morgan fingerprint density at radius 3 is 2.36 bits per heavy atom. The number of amides is 2. The molecule has 0 aromatic heterocycles. The molecule has 120 valence electrons. The third kappa shape index (κ3) is 5.53. The number of methoxy groups -OCH3 is 1. The first kappa shape index (κ1) is 17.6. The number of benzene rings is 1. The third-order valence-corrected chi connectivity index (χ3v) is 2.97. The van der Waals surface area contributed by atoms with Gasteiger partial charge >= 0.3 is 5.97 Å². The molecule has 0 aliphatic rings. The van der Waals surface area contributed by atoms with Crippen molar-refractivity contribution >= 4 is 17.8 Å². The molecular formula is C15H20N2O5. The SMILES string of the molecule is COCC(C)(NC(=O)CNC(=O)Cc1ccccc1)C(=O)O. The summed E-state index contributed by atoms with van der Waals surface area (Å²) in [6, 6.07) is 9.09. The molecule has 22 heavy (non-hydrogen) atoms. The largest absolute Gasteiger partial charge is 0.479 e. The van der Waals surface area contributed by atoms with Crippen LogP contribution in [0.5, 0.6) is 0 Å². The maximum absolute atomic E-state index is 11.8. The van der Waals surface area contributed by atoms with Gasteiger partial charge in [-0.2, -0.15) is 0 Å². The van der Waals surface area contributed by atoms with E-state index in [1.54, 1.807) is 12.1 Å². The van der Waals surface area contributed by atoms with Crippen molar-refractivity contribution in [1.82, 2.24) is 10.6 Å². The lowest BCUT2D eigenvalue weighted by molar-refractivity contribution is -0.149. The van der Waals surface area contributed by atoms with Gasteiger partial charge in [-0.05, 0) is 12.5 Å². The summed E-state index contributed by atoms with van der Waals surface area (Å²) in [4.78, 5) is 34.6. The summed E-state index contributed by atoms with van der Waals surface area (Å²) in [5.41, 5.74) is -0.703. The fourth-order valence-electron chi connectivity index (χ4n) is 1.81. The van der Waals surface area contributed by atoms with E-state index >= 15 is 0 Å². The number of aliphatic carboxylic acids is 1. The molecule has 3 N–H and O–H groups in total. The first-order valence-corrected chi connectivity index (χ1v) is 6.71. The minimum Gasteiger partial charge on any atom is -0.479 e. The van der Waals surface area contributed by atoms with E-state index in [-0.39, 0.29) is 25.5 Å². The van der Waals surface area contributed by atoms with Gasteiger partial charge in [0, 0.05) is 7.11 Å². The maximum atomic E-state index is 11.8. The number of carbonyl (C=O) groups excluding carboxylic acids is 2. The van der Waals surface area contributed by atoms with Crippen LogP contribution < -0.4 is 10.6 Å². The molecule has 7 nitrogen and oxygen atoms in total. The third-order valence-electron chi connectivity index (χ3n) is 2.97. The highest BCUT2D eigenvalue weighted by Crippen LogP contribution is 2.04. The lowest BCUT2D eigenvalue weighted by atomic mass is 10.0. The molecule has 7 heteroatoms. The molecule has 0 saturated carbocycles. The Balaban J connectivity index is 2.45. The molecular weight excluding hydrogens is 288 g/mol. The van der Waals surface area contributed by atoms with Gasteiger partial charge in [0.05, 0.1) is 19.6 Å². The first-order chi connectivity index (χ1) is 10.4. The second-order valence-corrected chi connectivity index (χ2v) is 5.06. The number of carboxylic acids is 1. The van der Waals surface area contributed by atoms with Crippen LogP contribution in [0.25, 0.3) is 0 Å². The van der Waals surface area contributed by atoms with Crippen LogP contribution in [-0.2, 0) is 25.5 Å². The van der Waals surface area contributed by atoms with Crippen LogP contribution in [0.4, 0.5) is 0 Å². The van der Waals surface area contributed by atoms with Crippen LogP contribution in [0.1, 0.15) is 12.5 Å². The predicted octanol–water partition coefficient (Wildman–Crippen LogP) is -0.0488. The van der Waals surface area contributed by atoms with Crippen molar-refractivity contribution in [1.29, 1.82) is 0 Å². The smallest absolute Gasteiger partial charge is 0.331 e. The Kier molecular flexibility index (Phi) is 6.52. The number of carbonyl (C=O) groups is 3. The summed E-state index contributed by atoms with van der Waals surface area (Å²) < 4.78 is 4.79. The molecule has 1 atom stereocenters. The standard InChI is InChI=1S/C15H20N2O5/c1-15(10-22-2,14(20)21)17-13(19)9-16-12(18)8-11-6-4-3-5-7-11/h3-7H,8-10H2,1-2H3,(H,16,18)(H,17,19)(H,20,21). The average Bonchev–Trinajstić information content (AvgIpc) is 2.46. The number of carboxylic acid groups (broad SMARTS) is 1. The van der Waals surface area contributed by atoms with Gasteiger partial charge in [-0.15, -0.1) is 0 Å². The second-order valence-electron chi connectivity index (χ2n) is 5.06. The molecule has 1 rings (SSSR count). The lowest BCUT2D eigenvalue weighted by Crippen LogP contribution is -2.57. The van der Waals surface area contributed by atoms with Crippen molar-refractivity contribution in [2.75, 3.05) is 20.3 Å². The lowest BCUT2D eigenvalue weighted by Gasteiger charge is -2.25. The molecule has 0 aliphatic heterocycles. The van der Waals surface area contributed by atoms with E-state index in [0.717, 1.165) is 5.56 Å². The summed E-state index contributed by atoms with van der Waals surface area (Å²) in [5.74, 6) is -2.12. The van der Waals surface area contributed by atoms with Crippen LogP contribution in [0, 0.1) is 0 Å². The van der Waals surface area contributed by atoms with Crippen LogP contribution in [0.15, 0.2) is 30.3 Å². The summed E-state index contributed by atoms with van der Waals surface area (Å²) in [7, 11) is 1.34. The molecule has 1 aromatic rings. The quantitative estimate of drug-likeness (QED) is 0.624. The van der Waals surface area contributed by atoms with Crippen molar-refractivity contribution < 1.29 is 24.2 Å². The van der Waals surface area contributed by atoms with Crippen molar-refractivity contribution in [2.24, 2.45) is 0 Å². The van der Waals surface area contributed by atoms with E-state index in [1.165, 1.54) is 14.0 Å². The van der Waals surface area contributed by atoms with E-state index < -0.39 is 17.4 Å². The van der Waals surface area contributed by atoms with Crippen molar-refractivity contribution in [3.63, 3.8) is 0 Å². The van der Waals surface area contributed by atoms with Gasteiger partial charge in [0.1, 0.15) is 0 Å². The molecule has 0 fully saturated rings. The minimum atomic E-state index is -1.53. The number of ether oxygens (including phenoxy) is 1. The van der Waals surface area contributed by atoms with Gasteiger partial charge in [-0.1, -0.05) is 30.3 Å². The number of hydrogen-bond donors (Lipinski definition) is 3. The maximum Gasteiger partial charge on any atom is 0.331 e. The Morgan fingerprint density at radius 2 is 1.82 bits per heavy atom. The molecule has 0 radical (unpaired) electrons. The topological polar surface area (TPSA) is 105 Å². The Bertz CT molecular complexity index is 532. The molecule has 0 saturated heterocycles. The molecule has 1 unspecified atom stereocenters. The highest BCUT2D eigenvalue weighted by atomic mass is 16.5. The predicted molar refractivity (Wildman–Crippen MR) is 79.2 cm³/mol. The first-order valence-electron chi connectivity index (χ1n) is 6.71. The Labute approximate surface area is 128 Å². The van der Waals surface area contributed by atoms with Crippen molar-refractivity contribution in [2.45, 2.75) is 18.9 Å². The normalized spacial score (nSPS) is 13.0. The van der Waals surface area contributed by atoms with E-state index in [1.807, 2.05) is 18.2 Å². The van der Waals surface area contributed by atoms with E-state index in [2.05, 4.69) is 10.6 Å². The Morgan fingerprint density at radius 1 is 1.18 bits per heavy atom. The highest BCUT2D eigenvalue weighted by molar-refractivity contribution is 5.90. The van der Waals surface area contributed by atoms with Gasteiger partial charge in [0.25, 0.3) is 0 Å². The molecule has 0 bridgehead atoms. The van der Waals surface area contributed by atoms with E-state index in [0.29, 0.717) is 0 Å². The summed E-state index contributed by atoms with van der Waals surface area (Å²) in [5, 5.41) is 13.9. The van der Waals surface area contributed by atoms with Crippen LogP contribution >= 0.6 is 0 Å². The van der Waals surface area contributed by atoms with Crippen LogP contribution in [-0.4, -0.2) is 48.7 Å². The summed E-state index contributed by atoms with van der Waals surface area (Å²) >= 11 is 0. The minimum absolute atomic E-state index is 0.155. The van der Waals surface area contributed by atoms with Crippen molar-refractivity contribution in [3.05, 3.63) is 35.9 Å². The van der Waals surface area contributed by atoms with Crippen LogP contribution in [0.3, 0.4) is 0 Å². The van der Waals surface area contributed by atoms with E-state index in [9.17, 15) is 14.4 Å². The fourth-order valence-corrected chi connectivity index (χ4v) is 1.81. The molecule has 0 spiro atoms. The molecule has 0 heterocycles. The molecule has 0 aliphatic carbocycles.